The van der Waals surface area contributed by atoms with Gasteiger partial charge < -0.3 is 4.90 Å². The Bertz CT molecular complexity index is 565. The van der Waals surface area contributed by atoms with Gasteiger partial charge in [0.15, 0.2) is 10.9 Å². The zero-order valence-corrected chi connectivity index (χ0v) is 12.5. The second-order valence-corrected chi connectivity index (χ2v) is 5.52. The van der Waals surface area contributed by atoms with E-state index >= 15 is 0 Å². The lowest BCUT2D eigenvalue weighted by molar-refractivity contribution is 0.101. The quantitative estimate of drug-likeness (QED) is 0.625. The number of hydrogen-bond donors (Lipinski definition) is 0. The number of benzene rings is 1. The molecule has 2 aromatic rings. The number of alkyl halides is 1. The summed E-state index contributed by atoms with van der Waals surface area (Å²) in [5, 5.41) is 2.58. The van der Waals surface area contributed by atoms with Crippen LogP contribution in [0.4, 0.5) is 5.13 Å². The average Bonchev–Trinajstić information content (AvgIpc) is 2.90. The molecule has 0 aliphatic carbocycles. The van der Waals surface area contributed by atoms with Gasteiger partial charge in [-0.1, -0.05) is 29.8 Å². The van der Waals surface area contributed by atoms with Gasteiger partial charge >= 0.3 is 0 Å². The maximum atomic E-state index is 11.4. The molecule has 0 saturated carbocycles. The number of carbonyl (C=O) groups is 1. The molecule has 0 bridgehead atoms. The van der Waals surface area contributed by atoms with E-state index in [1.807, 2.05) is 11.9 Å². The van der Waals surface area contributed by atoms with E-state index in [9.17, 15) is 4.79 Å². The molecule has 3 nitrogen and oxygen atoms in total. The van der Waals surface area contributed by atoms with Gasteiger partial charge in [-0.05, 0) is 12.5 Å². The van der Waals surface area contributed by atoms with Crippen molar-refractivity contribution in [3.8, 4) is 0 Å². The standard InChI is InChI=1S/C14H15ClN2OS/c1-10-3-5-11(6-4-10)8-17(2)14-16-12(9-19-14)13(18)7-15/h3-6,9H,7-8H2,1-2H3. The van der Waals surface area contributed by atoms with Crippen LogP contribution in [0.3, 0.4) is 0 Å². The largest absolute Gasteiger partial charge is 0.347 e. The molecule has 0 aliphatic rings. The van der Waals surface area contributed by atoms with Crippen LogP contribution in [0.5, 0.6) is 0 Å². The highest BCUT2D eigenvalue weighted by molar-refractivity contribution is 7.13. The topological polar surface area (TPSA) is 33.2 Å². The molecule has 0 amide bonds. The van der Waals surface area contributed by atoms with Crippen molar-refractivity contribution < 1.29 is 4.79 Å². The predicted molar refractivity (Wildman–Crippen MR) is 80.5 cm³/mol. The third-order valence-electron chi connectivity index (χ3n) is 2.77. The zero-order valence-electron chi connectivity index (χ0n) is 10.9. The number of carbonyl (C=O) groups excluding carboxylic acids is 1. The van der Waals surface area contributed by atoms with Gasteiger partial charge in [0.1, 0.15) is 5.69 Å². The smallest absolute Gasteiger partial charge is 0.196 e. The molecule has 2 rings (SSSR count). The maximum absolute atomic E-state index is 11.4. The molecule has 0 atom stereocenters. The monoisotopic (exact) mass is 294 g/mol. The molecule has 5 heteroatoms. The number of aromatic nitrogens is 1. The highest BCUT2D eigenvalue weighted by atomic mass is 35.5. The number of hydrogen-bond acceptors (Lipinski definition) is 4. The van der Waals surface area contributed by atoms with Crippen molar-refractivity contribution in [3.05, 3.63) is 46.5 Å². The Kier molecular flexibility index (Phi) is 4.56. The van der Waals surface area contributed by atoms with E-state index in [0.29, 0.717) is 5.69 Å². The van der Waals surface area contributed by atoms with E-state index < -0.39 is 0 Å². The molecular formula is C14H15ClN2OS. The summed E-state index contributed by atoms with van der Waals surface area (Å²) in [5.41, 5.74) is 2.91. The Morgan fingerprint density at radius 3 is 2.68 bits per heavy atom. The first-order valence-corrected chi connectivity index (χ1v) is 7.33. The molecule has 1 heterocycles. The van der Waals surface area contributed by atoms with Crippen molar-refractivity contribution in [3.63, 3.8) is 0 Å². The molecule has 0 spiro atoms. The SMILES string of the molecule is Cc1ccc(CN(C)c2nc(C(=O)CCl)cs2)cc1. The summed E-state index contributed by atoms with van der Waals surface area (Å²) in [6, 6.07) is 8.38. The summed E-state index contributed by atoms with van der Waals surface area (Å²) >= 11 is 6.98. The molecule has 100 valence electrons. The lowest BCUT2D eigenvalue weighted by atomic mass is 10.1. The molecule has 0 unspecified atom stereocenters. The van der Waals surface area contributed by atoms with Gasteiger partial charge in [0.25, 0.3) is 0 Å². The third-order valence-corrected chi connectivity index (χ3v) is 3.96. The first-order valence-electron chi connectivity index (χ1n) is 5.91. The van der Waals surface area contributed by atoms with E-state index in [-0.39, 0.29) is 11.7 Å². The molecule has 0 N–H and O–H groups in total. The number of Topliss-reactive ketones (excluding diaryl/α,β-unsaturated/α-hetero) is 1. The van der Waals surface area contributed by atoms with E-state index in [1.165, 1.54) is 22.5 Å². The van der Waals surface area contributed by atoms with Crippen molar-refractivity contribution in [2.45, 2.75) is 13.5 Å². The summed E-state index contributed by atoms with van der Waals surface area (Å²) in [6.45, 7) is 2.83. The Hall–Kier alpha value is -1.39. The number of ketones is 1. The minimum absolute atomic E-state index is 0.0230. The number of anilines is 1. The molecule has 19 heavy (non-hydrogen) atoms. The summed E-state index contributed by atoms with van der Waals surface area (Å²) in [5.74, 6) is -0.155. The van der Waals surface area contributed by atoms with Crippen molar-refractivity contribution in [2.24, 2.45) is 0 Å². The zero-order chi connectivity index (χ0) is 13.8. The molecule has 1 aromatic carbocycles. The number of nitrogens with zero attached hydrogens (tertiary/aromatic N) is 2. The molecule has 0 aliphatic heterocycles. The lowest BCUT2D eigenvalue weighted by Gasteiger charge is -2.15. The van der Waals surface area contributed by atoms with Gasteiger partial charge in [0, 0.05) is 19.0 Å². The van der Waals surface area contributed by atoms with E-state index in [1.54, 1.807) is 5.38 Å². The summed E-state index contributed by atoms with van der Waals surface area (Å²) in [4.78, 5) is 17.8. The van der Waals surface area contributed by atoms with Crippen molar-refractivity contribution in [1.82, 2.24) is 4.98 Å². The Balaban J connectivity index is 2.07. The Morgan fingerprint density at radius 1 is 1.37 bits per heavy atom. The molecule has 0 saturated heterocycles. The molecule has 1 aromatic heterocycles. The summed E-state index contributed by atoms with van der Waals surface area (Å²) in [6.07, 6.45) is 0. The second-order valence-electron chi connectivity index (χ2n) is 4.41. The number of aryl methyl sites for hydroxylation is 1. The highest BCUT2D eigenvalue weighted by Gasteiger charge is 2.12. The van der Waals surface area contributed by atoms with Gasteiger partial charge in [-0.3, -0.25) is 4.79 Å². The van der Waals surface area contributed by atoms with Crippen LogP contribution in [0.2, 0.25) is 0 Å². The minimum Gasteiger partial charge on any atom is -0.347 e. The van der Waals surface area contributed by atoms with Crippen LogP contribution in [-0.4, -0.2) is 23.7 Å². The Labute approximate surface area is 121 Å². The van der Waals surface area contributed by atoms with E-state index in [2.05, 4.69) is 36.2 Å². The van der Waals surface area contributed by atoms with Crippen molar-refractivity contribution in [1.29, 1.82) is 0 Å². The number of thiazole rings is 1. The van der Waals surface area contributed by atoms with Crippen LogP contribution >= 0.6 is 22.9 Å². The first-order chi connectivity index (χ1) is 9.10. The number of halogens is 1. The van der Waals surface area contributed by atoms with Gasteiger partial charge in [-0.15, -0.1) is 22.9 Å². The van der Waals surface area contributed by atoms with Crippen LogP contribution in [-0.2, 0) is 6.54 Å². The van der Waals surface area contributed by atoms with Crippen LogP contribution in [0.1, 0.15) is 21.6 Å². The molecule has 0 fully saturated rings. The number of rotatable bonds is 5. The summed E-state index contributed by atoms with van der Waals surface area (Å²) < 4.78 is 0. The fourth-order valence-corrected chi connectivity index (χ4v) is 2.60. The fourth-order valence-electron chi connectivity index (χ4n) is 1.67. The van der Waals surface area contributed by atoms with Gasteiger partial charge in [0.2, 0.25) is 0 Å². The maximum Gasteiger partial charge on any atom is 0.196 e. The lowest BCUT2D eigenvalue weighted by Crippen LogP contribution is -2.16. The van der Waals surface area contributed by atoms with Crippen LogP contribution in [0.25, 0.3) is 0 Å². The van der Waals surface area contributed by atoms with Gasteiger partial charge in [0.05, 0.1) is 5.88 Å². The van der Waals surface area contributed by atoms with E-state index in [4.69, 9.17) is 11.6 Å². The predicted octanol–water partition coefficient (Wildman–Crippen LogP) is 3.51. The Morgan fingerprint density at radius 2 is 2.05 bits per heavy atom. The minimum atomic E-state index is -0.132. The fraction of sp³-hybridized carbons (Fsp3) is 0.286. The van der Waals surface area contributed by atoms with Crippen molar-refractivity contribution in [2.75, 3.05) is 17.8 Å². The first kappa shape index (κ1) is 14.0. The molecule has 0 radical (unpaired) electrons. The highest BCUT2D eigenvalue weighted by Crippen LogP contribution is 2.21. The van der Waals surface area contributed by atoms with Crippen molar-refractivity contribution >= 4 is 33.9 Å². The van der Waals surface area contributed by atoms with Crippen LogP contribution in [0, 0.1) is 6.92 Å². The normalized spacial score (nSPS) is 10.5. The van der Waals surface area contributed by atoms with Gasteiger partial charge in [-0.2, -0.15) is 0 Å². The van der Waals surface area contributed by atoms with Crippen LogP contribution < -0.4 is 4.90 Å². The van der Waals surface area contributed by atoms with Crippen LogP contribution in [0.15, 0.2) is 29.6 Å². The third kappa shape index (κ3) is 3.55. The van der Waals surface area contributed by atoms with Gasteiger partial charge in [-0.25, -0.2) is 4.98 Å². The molecular weight excluding hydrogens is 280 g/mol. The summed E-state index contributed by atoms with van der Waals surface area (Å²) in [7, 11) is 1.97. The van der Waals surface area contributed by atoms with E-state index in [0.717, 1.165) is 11.7 Å². The second kappa shape index (κ2) is 6.17. The average molecular weight is 295 g/mol.